The van der Waals surface area contributed by atoms with Gasteiger partial charge in [-0.15, -0.1) is 0 Å². The Labute approximate surface area is 212 Å². The summed E-state index contributed by atoms with van der Waals surface area (Å²) in [7, 11) is 2.73. The van der Waals surface area contributed by atoms with Crippen molar-refractivity contribution in [2.24, 2.45) is 0 Å². The summed E-state index contributed by atoms with van der Waals surface area (Å²) in [5.74, 6) is -1.04. The number of aromatic nitrogens is 5. The predicted octanol–water partition coefficient (Wildman–Crippen LogP) is 5.16. The van der Waals surface area contributed by atoms with Gasteiger partial charge in [-0.3, -0.25) is 0 Å². The van der Waals surface area contributed by atoms with Crippen LogP contribution in [0.1, 0.15) is 21.7 Å². The molecule has 37 heavy (non-hydrogen) atoms. The second-order valence-corrected chi connectivity index (χ2v) is 8.04. The fourth-order valence-corrected chi connectivity index (χ4v) is 3.65. The molecule has 0 aliphatic heterocycles. The predicted molar refractivity (Wildman–Crippen MR) is 127 cm³/mol. The molecule has 0 aliphatic carbocycles. The molecule has 3 heterocycles. The molecule has 0 amide bonds. The van der Waals surface area contributed by atoms with E-state index in [4.69, 9.17) is 21.1 Å². The van der Waals surface area contributed by atoms with Gasteiger partial charge >= 0.3 is 12.1 Å². The van der Waals surface area contributed by atoms with Gasteiger partial charge in [-0.05, 0) is 31.2 Å². The summed E-state index contributed by atoms with van der Waals surface area (Å²) in [4.78, 5) is 24.3. The lowest BCUT2D eigenvalue weighted by atomic mass is 10.1. The van der Waals surface area contributed by atoms with Crippen LogP contribution >= 0.6 is 11.6 Å². The molecule has 0 atom stereocenters. The Kier molecular flexibility index (Phi) is 6.90. The highest BCUT2D eigenvalue weighted by Crippen LogP contribution is 2.33. The third kappa shape index (κ3) is 5.40. The van der Waals surface area contributed by atoms with E-state index in [1.165, 1.54) is 39.6 Å². The Morgan fingerprint density at radius 2 is 1.84 bits per heavy atom. The number of carbonyl (C=O) groups is 1. The maximum atomic E-state index is 13.4. The van der Waals surface area contributed by atoms with Crippen LogP contribution in [0.25, 0.3) is 16.9 Å². The number of halogens is 4. The molecule has 192 valence electrons. The third-order valence-corrected chi connectivity index (χ3v) is 5.31. The second kappa shape index (κ2) is 9.93. The molecule has 0 unspecified atom stereocenters. The zero-order valence-corrected chi connectivity index (χ0v) is 20.2. The summed E-state index contributed by atoms with van der Waals surface area (Å²) in [6.07, 6.45) is -2.08. The lowest BCUT2D eigenvalue weighted by Gasteiger charge is -2.14. The Bertz CT molecular complexity index is 1490. The fourth-order valence-electron chi connectivity index (χ4n) is 3.42. The molecule has 0 spiro atoms. The van der Waals surface area contributed by atoms with E-state index >= 15 is 0 Å². The molecular weight excluding hydrogens is 517 g/mol. The van der Waals surface area contributed by atoms with Crippen LogP contribution in [0.15, 0.2) is 42.7 Å². The standard InChI is InChI=1S/C23H18ClF3N6O4/c1-11-4-18(23(25,26)27)32-33(11)19-17(12-5-16(21(34)35)20(37-3)28-9-12)10-29-22(31-19)30-14-6-13(24)7-15(8-14)36-2/h4-10H,1-3H3,(H,34,35)(H,29,30,31). The van der Waals surface area contributed by atoms with Crippen molar-refractivity contribution in [2.45, 2.75) is 13.1 Å². The number of ether oxygens (including phenoxy) is 2. The average Bonchev–Trinajstić information content (AvgIpc) is 3.25. The number of hydrogen-bond donors (Lipinski definition) is 2. The summed E-state index contributed by atoms with van der Waals surface area (Å²) >= 11 is 6.11. The van der Waals surface area contributed by atoms with Crippen LogP contribution in [0.5, 0.6) is 11.6 Å². The maximum Gasteiger partial charge on any atom is 0.435 e. The number of hydrogen-bond acceptors (Lipinski definition) is 8. The number of carboxylic acid groups (broad SMARTS) is 1. The van der Waals surface area contributed by atoms with Crippen LogP contribution in [0, 0.1) is 6.92 Å². The molecule has 4 aromatic rings. The summed E-state index contributed by atoms with van der Waals surface area (Å²) in [5, 5.41) is 16.5. The van der Waals surface area contributed by atoms with Gasteiger partial charge in [-0.2, -0.15) is 23.3 Å². The van der Waals surface area contributed by atoms with Crippen molar-refractivity contribution in [1.82, 2.24) is 24.7 Å². The van der Waals surface area contributed by atoms with Crippen molar-refractivity contribution in [3.05, 3.63) is 64.7 Å². The van der Waals surface area contributed by atoms with Crippen LogP contribution in [-0.4, -0.2) is 50.0 Å². The molecular formula is C23H18ClF3N6O4. The molecule has 0 aliphatic rings. The number of nitrogens with one attached hydrogen (secondary N) is 1. The zero-order valence-electron chi connectivity index (χ0n) is 19.5. The summed E-state index contributed by atoms with van der Waals surface area (Å²) in [6.45, 7) is 1.43. The number of aryl methyl sites for hydroxylation is 1. The first kappa shape index (κ1) is 25.7. The van der Waals surface area contributed by atoms with Gasteiger partial charge in [0, 0.05) is 46.0 Å². The smallest absolute Gasteiger partial charge is 0.435 e. The first-order valence-corrected chi connectivity index (χ1v) is 10.8. The molecule has 0 saturated heterocycles. The van der Waals surface area contributed by atoms with Crippen LogP contribution in [0.3, 0.4) is 0 Å². The summed E-state index contributed by atoms with van der Waals surface area (Å²) in [6, 6.07) is 6.92. The van der Waals surface area contributed by atoms with E-state index in [0.29, 0.717) is 16.5 Å². The number of aromatic carboxylic acids is 1. The molecule has 3 aromatic heterocycles. The molecule has 4 rings (SSSR count). The molecule has 0 fully saturated rings. The molecule has 2 N–H and O–H groups in total. The van der Waals surface area contributed by atoms with E-state index in [1.54, 1.807) is 18.2 Å². The maximum absolute atomic E-state index is 13.4. The topological polar surface area (TPSA) is 124 Å². The number of methoxy groups -OCH3 is 2. The van der Waals surface area contributed by atoms with E-state index in [2.05, 4.69) is 25.4 Å². The first-order chi connectivity index (χ1) is 17.5. The number of benzene rings is 1. The van der Waals surface area contributed by atoms with Gasteiger partial charge in [0.05, 0.1) is 14.2 Å². The van der Waals surface area contributed by atoms with Gasteiger partial charge in [0.1, 0.15) is 11.3 Å². The second-order valence-electron chi connectivity index (χ2n) is 7.60. The van der Waals surface area contributed by atoms with Crippen molar-refractivity contribution in [3.63, 3.8) is 0 Å². The van der Waals surface area contributed by atoms with Gasteiger partial charge in [0.15, 0.2) is 11.5 Å². The van der Waals surface area contributed by atoms with Crippen molar-refractivity contribution in [3.8, 4) is 28.6 Å². The Morgan fingerprint density at radius 1 is 1.08 bits per heavy atom. The quantitative estimate of drug-likeness (QED) is 0.330. The normalized spacial score (nSPS) is 11.3. The summed E-state index contributed by atoms with van der Waals surface area (Å²) < 4.78 is 51.3. The van der Waals surface area contributed by atoms with Gasteiger partial charge in [-0.25, -0.2) is 19.4 Å². The highest BCUT2D eigenvalue weighted by Gasteiger charge is 2.35. The minimum absolute atomic E-state index is 0.00598. The van der Waals surface area contributed by atoms with Crippen LogP contribution < -0.4 is 14.8 Å². The van der Waals surface area contributed by atoms with Gasteiger partial charge < -0.3 is 19.9 Å². The first-order valence-electron chi connectivity index (χ1n) is 10.4. The van der Waals surface area contributed by atoms with Gasteiger partial charge in [0.25, 0.3) is 0 Å². The van der Waals surface area contributed by atoms with E-state index in [0.717, 1.165) is 10.7 Å². The van der Waals surface area contributed by atoms with E-state index in [9.17, 15) is 23.1 Å². The van der Waals surface area contributed by atoms with Crippen molar-refractivity contribution < 1.29 is 32.5 Å². The summed E-state index contributed by atoms with van der Waals surface area (Å²) in [5.41, 5.74) is -0.410. The largest absolute Gasteiger partial charge is 0.497 e. The monoisotopic (exact) mass is 534 g/mol. The Morgan fingerprint density at radius 3 is 2.46 bits per heavy atom. The minimum atomic E-state index is -4.69. The van der Waals surface area contributed by atoms with Gasteiger partial charge in [-0.1, -0.05) is 11.6 Å². The molecule has 1 aromatic carbocycles. The highest BCUT2D eigenvalue weighted by molar-refractivity contribution is 6.31. The average molecular weight is 535 g/mol. The van der Waals surface area contributed by atoms with E-state index in [-0.39, 0.29) is 40.0 Å². The molecule has 0 saturated carbocycles. The molecule has 10 nitrogen and oxygen atoms in total. The lowest BCUT2D eigenvalue weighted by molar-refractivity contribution is -0.141. The number of rotatable bonds is 7. The van der Waals surface area contributed by atoms with Crippen molar-refractivity contribution >= 4 is 29.2 Å². The van der Waals surface area contributed by atoms with E-state index in [1.807, 2.05) is 0 Å². The van der Waals surface area contributed by atoms with Gasteiger partial charge in [0.2, 0.25) is 11.8 Å². The molecule has 0 radical (unpaired) electrons. The van der Waals surface area contributed by atoms with E-state index < -0.39 is 17.8 Å². The van der Waals surface area contributed by atoms with Crippen molar-refractivity contribution in [2.75, 3.05) is 19.5 Å². The SMILES string of the molecule is COc1cc(Cl)cc(Nc2ncc(-c3cnc(OC)c(C(=O)O)c3)c(-n3nc(C(F)(F)F)cc3C)n2)c1. The Balaban J connectivity index is 1.89. The number of carboxylic acids is 1. The minimum Gasteiger partial charge on any atom is -0.497 e. The Hall–Kier alpha value is -4.39. The number of alkyl halides is 3. The number of nitrogens with zero attached hydrogens (tertiary/aromatic N) is 5. The third-order valence-electron chi connectivity index (χ3n) is 5.10. The van der Waals surface area contributed by atoms with Crippen LogP contribution in [0.4, 0.5) is 24.8 Å². The lowest BCUT2D eigenvalue weighted by Crippen LogP contribution is -2.11. The molecule has 0 bridgehead atoms. The zero-order chi connectivity index (χ0) is 26.9. The fraction of sp³-hybridized carbons (Fsp3) is 0.174. The van der Waals surface area contributed by atoms with Crippen molar-refractivity contribution in [1.29, 1.82) is 0 Å². The van der Waals surface area contributed by atoms with Crippen LogP contribution in [0.2, 0.25) is 5.02 Å². The van der Waals surface area contributed by atoms with Crippen LogP contribution in [-0.2, 0) is 6.18 Å². The number of pyridine rings is 1. The highest BCUT2D eigenvalue weighted by atomic mass is 35.5. The molecule has 14 heteroatoms. The number of anilines is 2.